The average molecular weight is 342 g/mol. The molecule has 1 N–H and O–H groups in total. The van der Waals surface area contributed by atoms with Gasteiger partial charge in [-0.15, -0.1) is 11.3 Å². The molecule has 108 valence electrons. The number of nitrogens with zero attached hydrogens (tertiary/aromatic N) is 1. The summed E-state index contributed by atoms with van der Waals surface area (Å²) in [7, 11) is 0. The van der Waals surface area contributed by atoms with Crippen molar-refractivity contribution in [3.05, 3.63) is 49.9 Å². The topological polar surface area (TPSA) is 33.1 Å². The van der Waals surface area contributed by atoms with Gasteiger partial charge in [-0.3, -0.25) is 0 Å². The minimum atomic E-state index is -4.51. The maximum atomic E-state index is 12.4. The van der Waals surface area contributed by atoms with Crippen LogP contribution >= 0.6 is 34.5 Å². The van der Waals surface area contributed by atoms with Crippen molar-refractivity contribution in [2.24, 2.45) is 0 Å². The van der Waals surface area contributed by atoms with Gasteiger partial charge in [0.05, 0.1) is 11.0 Å². The molecule has 2 rings (SSSR count). The summed E-state index contributed by atoms with van der Waals surface area (Å²) in [4.78, 5) is 3.38. The molecule has 0 fully saturated rings. The summed E-state index contributed by atoms with van der Waals surface area (Å²) in [6.07, 6.45) is -4.60. The molecule has 0 aliphatic rings. The van der Waals surface area contributed by atoms with Gasteiger partial charge in [0, 0.05) is 22.7 Å². The summed E-state index contributed by atoms with van der Waals surface area (Å²) in [5, 5.41) is 9.72. The standard InChI is InChI=1S/C12H8Cl2F3NOS/c13-7-2-1-3-8(14)6(7)4-9(19)10-5-18-11(20-10)12(15,16)17/h1-3,5,9,19H,4H2. The van der Waals surface area contributed by atoms with E-state index in [1.54, 1.807) is 18.2 Å². The van der Waals surface area contributed by atoms with Crippen molar-refractivity contribution in [1.82, 2.24) is 4.98 Å². The van der Waals surface area contributed by atoms with Crippen LogP contribution in [-0.4, -0.2) is 10.1 Å². The lowest BCUT2D eigenvalue weighted by Crippen LogP contribution is -2.03. The molecule has 0 bridgehead atoms. The van der Waals surface area contributed by atoms with Crippen LogP contribution in [0.15, 0.2) is 24.4 Å². The highest BCUT2D eigenvalue weighted by atomic mass is 35.5. The van der Waals surface area contributed by atoms with Crippen LogP contribution < -0.4 is 0 Å². The van der Waals surface area contributed by atoms with Crippen molar-refractivity contribution in [1.29, 1.82) is 0 Å². The van der Waals surface area contributed by atoms with Gasteiger partial charge >= 0.3 is 6.18 Å². The molecule has 0 radical (unpaired) electrons. The van der Waals surface area contributed by atoms with Crippen molar-refractivity contribution in [3.63, 3.8) is 0 Å². The van der Waals surface area contributed by atoms with Gasteiger partial charge in [0.25, 0.3) is 0 Å². The van der Waals surface area contributed by atoms with Crippen LogP contribution in [0.25, 0.3) is 0 Å². The molecule has 1 aromatic heterocycles. The number of rotatable bonds is 3. The number of benzene rings is 1. The first-order valence-electron chi connectivity index (χ1n) is 5.43. The lowest BCUT2D eigenvalue weighted by atomic mass is 10.1. The smallest absolute Gasteiger partial charge is 0.387 e. The summed E-state index contributed by atoms with van der Waals surface area (Å²) in [6, 6.07) is 4.85. The van der Waals surface area contributed by atoms with E-state index in [-0.39, 0.29) is 11.3 Å². The van der Waals surface area contributed by atoms with Crippen molar-refractivity contribution in [3.8, 4) is 0 Å². The summed E-state index contributed by atoms with van der Waals surface area (Å²) >= 11 is 12.3. The van der Waals surface area contributed by atoms with Crippen LogP contribution in [0.1, 0.15) is 21.6 Å². The Hall–Kier alpha value is -0.820. The van der Waals surface area contributed by atoms with Crippen molar-refractivity contribution >= 4 is 34.5 Å². The molecule has 8 heteroatoms. The zero-order valence-corrected chi connectivity index (χ0v) is 12.1. The van der Waals surface area contributed by atoms with E-state index in [1.165, 1.54) is 0 Å². The van der Waals surface area contributed by atoms with E-state index in [4.69, 9.17) is 23.2 Å². The maximum absolute atomic E-state index is 12.4. The molecule has 20 heavy (non-hydrogen) atoms. The second kappa shape index (κ2) is 5.89. The van der Waals surface area contributed by atoms with Gasteiger partial charge < -0.3 is 5.11 Å². The quantitative estimate of drug-likeness (QED) is 0.874. The molecule has 0 aliphatic carbocycles. The molecule has 1 unspecified atom stereocenters. The van der Waals surface area contributed by atoms with E-state index >= 15 is 0 Å². The second-order valence-corrected chi connectivity index (χ2v) is 5.86. The molecule has 1 heterocycles. The summed E-state index contributed by atoms with van der Waals surface area (Å²) in [5.41, 5.74) is 0.491. The van der Waals surface area contributed by atoms with E-state index in [1.807, 2.05) is 0 Å². The minimum absolute atomic E-state index is 0.0258. The predicted molar refractivity (Wildman–Crippen MR) is 72.2 cm³/mol. The number of aromatic nitrogens is 1. The molecule has 0 saturated carbocycles. The molecule has 2 nitrogen and oxygen atoms in total. The van der Waals surface area contributed by atoms with Gasteiger partial charge in [0.15, 0.2) is 5.01 Å². The lowest BCUT2D eigenvalue weighted by molar-refractivity contribution is -0.137. The first-order valence-corrected chi connectivity index (χ1v) is 7.00. The molecule has 0 aliphatic heterocycles. The molecule has 0 spiro atoms. The normalized spacial score (nSPS) is 13.5. The highest BCUT2D eigenvalue weighted by Gasteiger charge is 2.35. The Bertz CT molecular complexity index is 595. The predicted octanol–water partition coefficient (Wildman–Crippen LogP) is 4.74. The number of hydrogen-bond acceptors (Lipinski definition) is 3. The van der Waals surface area contributed by atoms with Crippen LogP contribution in [0.3, 0.4) is 0 Å². The molecular formula is C12H8Cl2F3NOS. The van der Waals surface area contributed by atoms with E-state index in [0.717, 1.165) is 6.20 Å². The molecule has 1 aromatic carbocycles. The van der Waals surface area contributed by atoms with Gasteiger partial charge in [-0.05, 0) is 17.7 Å². The van der Waals surface area contributed by atoms with Crippen molar-refractivity contribution in [2.45, 2.75) is 18.7 Å². The molecule has 2 aromatic rings. The Balaban J connectivity index is 2.20. The zero-order chi connectivity index (χ0) is 14.9. The Morgan fingerprint density at radius 2 is 1.85 bits per heavy atom. The number of hydrogen-bond donors (Lipinski definition) is 1. The SMILES string of the molecule is OC(Cc1c(Cl)cccc1Cl)c1cnc(C(F)(F)F)s1. The Morgan fingerprint density at radius 1 is 1.25 bits per heavy atom. The maximum Gasteiger partial charge on any atom is 0.443 e. The monoisotopic (exact) mass is 341 g/mol. The van der Waals surface area contributed by atoms with E-state index in [9.17, 15) is 18.3 Å². The number of aliphatic hydroxyl groups excluding tert-OH is 1. The summed E-state index contributed by atoms with van der Waals surface area (Å²) in [5.74, 6) is 0. The van der Waals surface area contributed by atoms with E-state index in [0.29, 0.717) is 26.9 Å². The third kappa shape index (κ3) is 3.44. The van der Waals surface area contributed by atoms with Gasteiger partial charge in [-0.25, -0.2) is 4.98 Å². The Kier molecular flexibility index (Phi) is 4.59. The zero-order valence-electron chi connectivity index (χ0n) is 9.79. The Morgan fingerprint density at radius 3 is 2.35 bits per heavy atom. The highest BCUT2D eigenvalue weighted by Crippen LogP contribution is 2.36. The summed E-state index contributed by atoms with van der Waals surface area (Å²) < 4.78 is 37.3. The lowest BCUT2D eigenvalue weighted by Gasteiger charge is -2.11. The highest BCUT2D eigenvalue weighted by molar-refractivity contribution is 7.11. The van der Waals surface area contributed by atoms with Gasteiger partial charge in [-0.2, -0.15) is 13.2 Å². The number of thiazole rings is 1. The van der Waals surface area contributed by atoms with Gasteiger partial charge in [-0.1, -0.05) is 29.3 Å². The van der Waals surface area contributed by atoms with Gasteiger partial charge in [0.2, 0.25) is 0 Å². The van der Waals surface area contributed by atoms with E-state index in [2.05, 4.69) is 4.98 Å². The van der Waals surface area contributed by atoms with Crippen LogP contribution in [-0.2, 0) is 12.6 Å². The first kappa shape index (κ1) is 15.6. The van der Waals surface area contributed by atoms with Crippen LogP contribution in [0, 0.1) is 0 Å². The van der Waals surface area contributed by atoms with Crippen LogP contribution in [0.4, 0.5) is 13.2 Å². The number of halogens is 5. The molecule has 0 saturated heterocycles. The number of alkyl halides is 3. The third-order valence-electron chi connectivity index (χ3n) is 2.55. The Labute approximate surface area is 126 Å². The molecule has 0 amide bonds. The average Bonchev–Trinajstić information content (AvgIpc) is 2.83. The first-order chi connectivity index (χ1) is 9.29. The third-order valence-corrected chi connectivity index (χ3v) is 4.41. The molecule has 1 atom stereocenters. The summed E-state index contributed by atoms with van der Waals surface area (Å²) in [6.45, 7) is 0. The van der Waals surface area contributed by atoms with E-state index < -0.39 is 17.3 Å². The fraction of sp³-hybridized carbons (Fsp3) is 0.250. The van der Waals surface area contributed by atoms with Gasteiger partial charge in [0.1, 0.15) is 0 Å². The minimum Gasteiger partial charge on any atom is -0.387 e. The largest absolute Gasteiger partial charge is 0.443 e. The second-order valence-electron chi connectivity index (χ2n) is 3.99. The fourth-order valence-corrected chi connectivity index (χ4v) is 2.91. The van der Waals surface area contributed by atoms with Crippen LogP contribution in [0.2, 0.25) is 10.0 Å². The fourth-order valence-electron chi connectivity index (χ4n) is 1.59. The molecular weight excluding hydrogens is 334 g/mol. The number of aliphatic hydroxyl groups is 1. The van der Waals surface area contributed by atoms with Crippen molar-refractivity contribution < 1.29 is 18.3 Å². The van der Waals surface area contributed by atoms with Crippen molar-refractivity contribution in [2.75, 3.05) is 0 Å². The van der Waals surface area contributed by atoms with Crippen LogP contribution in [0.5, 0.6) is 0 Å².